The zero-order valence-corrected chi connectivity index (χ0v) is 18.4. The van der Waals surface area contributed by atoms with Gasteiger partial charge in [-0.05, 0) is 72.8 Å². The lowest BCUT2D eigenvalue weighted by Crippen LogP contribution is -1.93. The van der Waals surface area contributed by atoms with Crippen molar-refractivity contribution in [2.45, 2.75) is 0 Å². The van der Waals surface area contributed by atoms with Crippen LogP contribution in [-0.2, 0) is 0 Å². The van der Waals surface area contributed by atoms with Crippen molar-refractivity contribution >= 4 is 44.8 Å². The number of pyridine rings is 2. The standard InChI is InChI=1S/C28H18N6O/c29-17-18-1-7-24-23(15-18)25(11-14-31-24)33-20-4-2-19(3-5-20)28-34-26-8-6-22(16-27(26)35-28)32-21-9-12-30-13-10-21/h1-16H,(H,30,32)(H,31,33). The fourth-order valence-electron chi connectivity index (χ4n) is 3.90. The normalized spacial score (nSPS) is 10.8. The van der Waals surface area contributed by atoms with Crippen LogP contribution in [-0.4, -0.2) is 15.0 Å². The molecule has 3 aromatic heterocycles. The molecule has 0 spiro atoms. The lowest BCUT2D eigenvalue weighted by molar-refractivity contribution is 0.620. The van der Waals surface area contributed by atoms with Crippen LogP contribution >= 0.6 is 0 Å². The Kier molecular flexibility index (Phi) is 5.02. The first-order valence-corrected chi connectivity index (χ1v) is 11.0. The number of hydrogen-bond donors (Lipinski definition) is 2. The molecule has 3 aromatic carbocycles. The van der Waals surface area contributed by atoms with Gasteiger partial charge in [0.2, 0.25) is 5.89 Å². The molecule has 2 N–H and O–H groups in total. The molecule has 0 saturated heterocycles. The summed E-state index contributed by atoms with van der Waals surface area (Å²) in [5.74, 6) is 0.556. The van der Waals surface area contributed by atoms with Gasteiger partial charge in [0.25, 0.3) is 0 Å². The van der Waals surface area contributed by atoms with Crippen LogP contribution in [0.25, 0.3) is 33.5 Å². The van der Waals surface area contributed by atoms with Gasteiger partial charge in [-0.25, -0.2) is 4.98 Å². The highest BCUT2D eigenvalue weighted by Gasteiger charge is 2.10. The van der Waals surface area contributed by atoms with Gasteiger partial charge < -0.3 is 15.1 Å². The van der Waals surface area contributed by atoms with Gasteiger partial charge in [-0.3, -0.25) is 9.97 Å². The zero-order chi connectivity index (χ0) is 23.6. The molecule has 0 radical (unpaired) electrons. The molecule has 7 nitrogen and oxygen atoms in total. The topological polar surface area (TPSA) is 99.7 Å². The Hall–Kier alpha value is -5.22. The van der Waals surface area contributed by atoms with Crippen molar-refractivity contribution in [3.63, 3.8) is 0 Å². The van der Waals surface area contributed by atoms with E-state index >= 15 is 0 Å². The van der Waals surface area contributed by atoms with Crippen LogP contribution in [0.2, 0.25) is 0 Å². The smallest absolute Gasteiger partial charge is 0.227 e. The van der Waals surface area contributed by atoms with Gasteiger partial charge in [-0.2, -0.15) is 5.26 Å². The van der Waals surface area contributed by atoms with E-state index in [1.807, 2.05) is 72.8 Å². The number of anilines is 4. The van der Waals surface area contributed by atoms with E-state index in [1.165, 1.54) is 0 Å². The van der Waals surface area contributed by atoms with Crippen molar-refractivity contribution in [2.24, 2.45) is 0 Å². The van der Waals surface area contributed by atoms with Crippen molar-refractivity contribution in [1.82, 2.24) is 15.0 Å². The van der Waals surface area contributed by atoms with Crippen LogP contribution in [0.15, 0.2) is 102 Å². The highest BCUT2D eigenvalue weighted by atomic mass is 16.3. The molecule has 6 aromatic rings. The fraction of sp³-hybridized carbons (Fsp3) is 0. The minimum atomic E-state index is 0.556. The number of oxazole rings is 1. The first kappa shape index (κ1) is 20.4. The Labute approximate surface area is 200 Å². The van der Waals surface area contributed by atoms with Crippen LogP contribution in [0.5, 0.6) is 0 Å². The summed E-state index contributed by atoms with van der Waals surface area (Å²) in [4.78, 5) is 13.1. The monoisotopic (exact) mass is 454 g/mol. The third kappa shape index (κ3) is 4.12. The summed E-state index contributed by atoms with van der Waals surface area (Å²) in [5.41, 5.74) is 7.45. The van der Waals surface area contributed by atoms with E-state index < -0.39 is 0 Å². The number of hydrogen-bond acceptors (Lipinski definition) is 7. The van der Waals surface area contributed by atoms with Crippen LogP contribution in [0.4, 0.5) is 22.7 Å². The van der Waals surface area contributed by atoms with E-state index in [0.717, 1.165) is 44.7 Å². The summed E-state index contributed by atoms with van der Waals surface area (Å²) >= 11 is 0. The summed E-state index contributed by atoms with van der Waals surface area (Å²) in [6.07, 6.45) is 5.24. The van der Waals surface area contributed by atoms with Gasteiger partial charge >= 0.3 is 0 Å². The summed E-state index contributed by atoms with van der Waals surface area (Å²) in [7, 11) is 0. The first-order chi connectivity index (χ1) is 17.2. The third-order valence-corrected chi connectivity index (χ3v) is 5.64. The molecule has 0 atom stereocenters. The van der Waals surface area contributed by atoms with E-state index in [4.69, 9.17) is 4.42 Å². The van der Waals surface area contributed by atoms with E-state index in [2.05, 4.69) is 31.7 Å². The molecule has 0 aliphatic rings. The van der Waals surface area contributed by atoms with E-state index in [9.17, 15) is 5.26 Å². The van der Waals surface area contributed by atoms with Crippen LogP contribution < -0.4 is 10.6 Å². The number of rotatable bonds is 5. The minimum absolute atomic E-state index is 0.556. The molecule has 0 bridgehead atoms. The largest absolute Gasteiger partial charge is 0.436 e. The Morgan fingerprint density at radius 3 is 2.31 bits per heavy atom. The second-order valence-electron chi connectivity index (χ2n) is 7.97. The molecule has 6 rings (SSSR count). The SMILES string of the molecule is N#Cc1ccc2nccc(Nc3ccc(-c4nc5ccc(Nc6ccncc6)cc5o4)cc3)c2c1. The average Bonchev–Trinajstić information content (AvgIpc) is 3.33. The van der Waals surface area contributed by atoms with Gasteiger partial charge in [0, 0.05) is 58.4 Å². The number of nitriles is 1. The number of nitrogens with one attached hydrogen (secondary N) is 2. The highest BCUT2D eigenvalue weighted by molar-refractivity contribution is 5.93. The molecule has 0 aliphatic heterocycles. The molecule has 0 amide bonds. The molecule has 0 unspecified atom stereocenters. The van der Waals surface area contributed by atoms with Crippen molar-refractivity contribution in [3.05, 3.63) is 103 Å². The number of nitrogens with zero attached hydrogens (tertiary/aromatic N) is 4. The maximum Gasteiger partial charge on any atom is 0.227 e. The average molecular weight is 454 g/mol. The summed E-state index contributed by atoms with van der Waals surface area (Å²) in [5, 5.41) is 16.9. The molecule has 3 heterocycles. The van der Waals surface area contributed by atoms with Gasteiger partial charge in [0.05, 0.1) is 17.1 Å². The molecule has 0 fully saturated rings. The Morgan fingerprint density at radius 1 is 0.714 bits per heavy atom. The zero-order valence-electron chi connectivity index (χ0n) is 18.4. The number of benzene rings is 3. The molecular weight excluding hydrogens is 436 g/mol. The van der Waals surface area contributed by atoms with Crippen LogP contribution in [0, 0.1) is 11.3 Å². The molecule has 7 heteroatoms. The number of fused-ring (bicyclic) bond motifs is 2. The predicted molar refractivity (Wildman–Crippen MR) is 137 cm³/mol. The Morgan fingerprint density at radius 2 is 1.49 bits per heavy atom. The fourth-order valence-corrected chi connectivity index (χ4v) is 3.90. The van der Waals surface area contributed by atoms with Crippen LogP contribution in [0.3, 0.4) is 0 Å². The predicted octanol–water partition coefficient (Wildman–Crippen LogP) is 6.80. The summed E-state index contributed by atoms with van der Waals surface area (Å²) < 4.78 is 6.05. The maximum atomic E-state index is 9.24. The lowest BCUT2D eigenvalue weighted by atomic mass is 10.1. The molecule has 166 valence electrons. The molecular formula is C28H18N6O. The van der Waals surface area contributed by atoms with Crippen molar-refractivity contribution < 1.29 is 4.42 Å². The third-order valence-electron chi connectivity index (χ3n) is 5.64. The molecule has 0 saturated carbocycles. The molecule has 0 aliphatic carbocycles. The van der Waals surface area contributed by atoms with Crippen molar-refractivity contribution in [3.8, 4) is 17.5 Å². The maximum absolute atomic E-state index is 9.24. The van der Waals surface area contributed by atoms with Gasteiger partial charge in [-0.15, -0.1) is 0 Å². The van der Waals surface area contributed by atoms with Crippen molar-refractivity contribution in [1.29, 1.82) is 5.26 Å². The van der Waals surface area contributed by atoms with Gasteiger partial charge in [-0.1, -0.05) is 0 Å². The second kappa shape index (κ2) is 8.61. The lowest BCUT2D eigenvalue weighted by Gasteiger charge is -2.10. The minimum Gasteiger partial charge on any atom is -0.436 e. The van der Waals surface area contributed by atoms with Gasteiger partial charge in [0.15, 0.2) is 5.58 Å². The van der Waals surface area contributed by atoms with Crippen LogP contribution in [0.1, 0.15) is 5.56 Å². The number of aromatic nitrogens is 3. The van der Waals surface area contributed by atoms with E-state index in [1.54, 1.807) is 24.7 Å². The molecule has 35 heavy (non-hydrogen) atoms. The Bertz CT molecular complexity index is 1700. The quantitative estimate of drug-likeness (QED) is 0.295. The van der Waals surface area contributed by atoms with E-state index in [0.29, 0.717) is 17.0 Å². The Balaban J connectivity index is 1.25. The highest BCUT2D eigenvalue weighted by Crippen LogP contribution is 2.30. The summed E-state index contributed by atoms with van der Waals surface area (Å²) in [6.45, 7) is 0. The van der Waals surface area contributed by atoms with Gasteiger partial charge in [0.1, 0.15) is 5.52 Å². The van der Waals surface area contributed by atoms with Crippen molar-refractivity contribution in [2.75, 3.05) is 10.6 Å². The first-order valence-electron chi connectivity index (χ1n) is 11.0. The van der Waals surface area contributed by atoms with E-state index in [-0.39, 0.29) is 0 Å². The summed E-state index contributed by atoms with van der Waals surface area (Å²) in [6, 6.07) is 27.1. The second-order valence-corrected chi connectivity index (χ2v) is 7.97.